The minimum Gasteiger partial charge on any atom is -0.341 e. The molecule has 1 aromatic heterocycles. The van der Waals surface area contributed by atoms with Gasteiger partial charge in [0, 0.05) is 43.1 Å². The highest BCUT2D eigenvalue weighted by molar-refractivity contribution is 5.92. The van der Waals surface area contributed by atoms with Crippen LogP contribution in [-0.2, 0) is 9.59 Å². The molecule has 2 aromatic rings. The number of anilines is 1. The molecule has 3 heterocycles. The largest absolute Gasteiger partial charge is 0.341 e. The number of nitrogens with zero attached hydrogens (tertiary/aromatic N) is 2. The fourth-order valence-corrected chi connectivity index (χ4v) is 3.93. The Labute approximate surface area is 168 Å². The van der Waals surface area contributed by atoms with E-state index in [1.54, 1.807) is 24.5 Å². The molecule has 0 spiro atoms. The smallest absolute Gasteiger partial charge is 0.241 e. The summed E-state index contributed by atoms with van der Waals surface area (Å²) < 4.78 is 13.3. The summed E-state index contributed by atoms with van der Waals surface area (Å²) in [7, 11) is 0. The lowest BCUT2D eigenvalue weighted by Gasteiger charge is -2.32. The standard InChI is InChI=1S/C21H24FN5O2/c22-16-2-1-3-17(12-16)24-20(28)15-6-10-27(11-7-15)21(29)19-13-18(25-26-19)14-4-8-23-9-5-14/h1-5,8-9,12,15,18-19,25-26H,6-7,10-11,13H2,(H,24,28). The van der Waals surface area contributed by atoms with Gasteiger partial charge in [0.05, 0.1) is 0 Å². The summed E-state index contributed by atoms with van der Waals surface area (Å²) in [6.45, 7) is 1.08. The number of aromatic nitrogens is 1. The van der Waals surface area contributed by atoms with Crippen molar-refractivity contribution in [3.05, 3.63) is 60.2 Å². The van der Waals surface area contributed by atoms with Gasteiger partial charge in [-0.25, -0.2) is 15.2 Å². The van der Waals surface area contributed by atoms with Gasteiger partial charge in [-0.2, -0.15) is 0 Å². The second kappa shape index (κ2) is 8.67. The van der Waals surface area contributed by atoms with Crippen LogP contribution < -0.4 is 16.2 Å². The highest BCUT2D eigenvalue weighted by Gasteiger charge is 2.35. The van der Waals surface area contributed by atoms with E-state index < -0.39 is 0 Å². The van der Waals surface area contributed by atoms with Crippen LogP contribution in [0.1, 0.15) is 30.9 Å². The molecule has 8 heteroatoms. The third kappa shape index (κ3) is 4.60. The molecular weight excluding hydrogens is 373 g/mol. The normalized spacial score (nSPS) is 22.4. The summed E-state index contributed by atoms with van der Waals surface area (Å²) in [5.74, 6) is -0.633. The quantitative estimate of drug-likeness (QED) is 0.735. The first-order chi connectivity index (χ1) is 14.1. The van der Waals surface area contributed by atoms with Gasteiger partial charge in [0.15, 0.2) is 0 Å². The Balaban J connectivity index is 1.27. The van der Waals surface area contributed by atoms with E-state index in [-0.39, 0.29) is 35.6 Å². The molecule has 29 heavy (non-hydrogen) atoms. The third-order valence-electron chi connectivity index (χ3n) is 5.58. The molecule has 2 aliphatic rings. The molecule has 1 aromatic carbocycles. The van der Waals surface area contributed by atoms with Crippen molar-refractivity contribution < 1.29 is 14.0 Å². The number of carbonyl (C=O) groups excluding carboxylic acids is 2. The van der Waals surface area contributed by atoms with E-state index in [9.17, 15) is 14.0 Å². The van der Waals surface area contributed by atoms with Crippen LogP contribution in [0.25, 0.3) is 0 Å². The van der Waals surface area contributed by atoms with E-state index in [4.69, 9.17) is 0 Å². The van der Waals surface area contributed by atoms with Crippen LogP contribution in [0.3, 0.4) is 0 Å². The topological polar surface area (TPSA) is 86.4 Å². The van der Waals surface area contributed by atoms with Crippen LogP contribution in [0.5, 0.6) is 0 Å². The molecule has 2 amide bonds. The lowest BCUT2D eigenvalue weighted by atomic mass is 9.94. The Bertz CT molecular complexity index is 870. The molecule has 2 saturated heterocycles. The van der Waals surface area contributed by atoms with Gasteiger partial charge in [-0.05, 0) is 55.2 Å². The number of benzene rings is 1. The average molecular weight is 397 g/mol. The number of amides is 2. The van der Waals surface area contributed by atoms with Crippen molar-refractivity contribution in [3.8, 4) is 0 Å². The number of likely N-dealkylation sites (tertiary alicyclic amines) is 1. The van der Waals surface area contributed by atoms with Crippen molar-refractivity contribution in [3.63, 3.8) is 0 Å². The van der Waals surface area contributed by atoms with E-state index in [2.05, 4.69) is 21.2 Å². The minimum absolute atomic E-state index is 0.0537. The maximum absolute atomic E-state index is 13.3. The molecular formula is C21H24FN5O2. The Kier molecular flexibility index (Phi) is 5.82. The first kappa shape index (κ1) is 19.5. The van der Waals surface area contributed by atoms with Crippen LogP contribution in [0.4, 0.5) is 10.1 Å². The van der Waals surface area contributed by atoms with Crippen molar-refractivity contribution in [1.82, 2.24) is 20.7 Å². The first-order valence-corrected chi connectivity index (χ1v) is 9.86. The van der Waals surface area contributed by atoms with Gasteiger partial charge in [-0.1, -0.05) is 6.07 Å². The predicted molar refractivity (Wildman–Crippen MR) is 106 cm³/mol. The maximum atomic E-state index is 13.3. The summed E-state index contributed by atoms with van der Waals surface area (Å²) in [6, 6.07) is 9.53. The molecule has 0 bridgehead atoms. The molecule has 2 fully saturated rings. The molecule has 2 aliphatic heterocycles. The van der Waals surface area contributed by atoms with E-state index in [0.29, 0.717) is 38.0 Å². The van der Waals surface area contributed by atoms with E-state index in [1.165, 1.54) is 12.1 Å². The zero-order valence-electron chi connectivity index (χ0n) is 16.0. The van der Waals surface area contributed by atoms with Gasteiger partial charge in [0.25, 0.3) is 0 Å². The minimum atomic E-state index is -0.383. The second-order valence-corrected chi connectivity index (χ2v) is 7.51. The van der Waals surface area contributed by atoms with Gasteiger partial charge in [0.1, 0.15) is 11.9 Å². The molecule has 4 rings (SSSR count). The number of pyridine rings is 1. The molecule has 2 unspecified atom stereocenters. The molecule has 0 radical (unpaired) electrons. The molecule has 7 nitrogen and oxygen atoms in total. The monoisotopic (exact) mass is 397 g/mol. The van der Waals surface area contributed by atoms with Crippen molar-refractivity contribution in [2.24, 2.45) is 5.92 Å². The lowest BCUT2D eigenvalue weighted by molar-refractivity contribution is -0.136. The number of hydrogen-bond acceptors (Lipinski definition) is 5. The molecule has 2 atom stereocenters. The molecule has 0 aliphatic carbocycles. The number of nitrogens with one attached hydrogen (secondary N) is 3. The van der Waals surface area contributed by atoms with Gasteiger partial charge >= 0.3 is 0 Å². The second-order valence-electron chi connectivity index (χ2n) is 7.51. The van der Waals surface area contributed by atoms with Crippen molar-refractivity contribution in [1.29, 1.82) is 0 Å². The molecule has 0 saturated carbocycles. The summed E-state index contributed by atoms with van der Waals surface area (Å²) >= 11 is 0. The van der Waals surface area contributed by atoms with Crippen molar-refractivity contribution in [2.45, 2.75) is 31.3 Å². The number of rotatable bonds is 4. The average Bonchev–Trinajstić information content (AvgIpc) is 3.24. The van der Waals surface area contributed by atoms with E-state index in [1.807, 2.05) is 17.0 Å². The van der Waals surface area contributed by atoms with E-state index in [0.717, 1.165) is 5.56 Å². The van der Waals surface area contributed by atoms with Crippen LogP contribution in [-0.4, -0.2) is 40.8 Å². The summed E-state index contributed by atoms with van der Waals surface area (Å²) in [4.78, 5) is 31.1. The van der Waals surface area contributed by atoms with Gasteiger partial charge in [-0.3, -0.25) is 14.6 Å². The SMILES string of the molecule is O=C(Nc1cccc(F)c1)C1CCN(C(=O)C2CC(c3ccncc3)NN2)CC1. The number of piperidine rings is 1. The van der Waals surface area contributed by atoms with Crippen LogP contribution >= 0.6 is 0 Å². The van der Waals surface area contributed by atoms with Crippen LogP contribution in [0.2, 0.25) is 0 Å². The Morgan fingerprint density at radius 3 is 2.59 bits per heavy atom. The number of hydrogen-bond donors (Lipinski definition) is 3. The van der Waals surface area contributed by atoms with Gasteiger partial charge in [-0.15, -0.1) is 0 Å². The summed E-state index contributed by atoms with van der Waals surface area (Å²) in [5, 5.41) is 2.77. The Morgan fingerprint density at radius 2 is 1.86 bits per heavy atom. The fraction of sp³-hybridized carbons (Fsp3) is 0.381. The lowest BCUT2D eigenvalue weighted by Crippen LogP contribution is -2.49. The Hall–Kier alpha value is -2.84. The highest BCUT2D eigenvalue weighted by atomic mass is 19.1. The Morgan fingerprint density at radius 1 is 1.10 bits per heavy atom. The maximum Gasteiger partial charge on any atom is 0.241 e. The van der Waals surface area contributed by atoms with Crippen molar-refractivity contribution >= 4 is 17.5 Å². The zero-order chi connectivity index (χ0) is 20.2. The highest BCUT2D eigenvalue weighted by Crippen LogP contribution is 2.25. The third-order valence-corrected chi connectivity index (χ3v) is 5.58. The first-order valence-electron chi connectivity index (χ1n) is 9.86. The molecule has 152 valence electrons. The van der Waals surface area contributed by atoms with Gasteiger partial charge in [0.2, 0.25) is 11.8 Å². The predicted octanol–water partition coefficient (Wildman–Crippen LogP) is 2.01. The van der Waals surface area contributed by atoms with Crippen molar-refractivity contribution in [2.75, 3.05) is 18.4 Å². The number of hydrazine groups is 1. The number of halogens is 1. The molecule has 3 N–H and O–H groups in total. The van der Waals surface area contributed by atoms with E-state index >= 15 is 0 Å². The van der Waals surface area contributed by atoms with Crippen LogP contribution in [0.15, 0.2) is 48.8 Å². The summed E-state index contributed by atoms with van der Waals surface area (Å²) in [5.41, 5.74) is 7.83. The van der Waals surface area contributed by atoms with Gasteiger partial charge < -0.3 is 10.2 Å². The zero-order valence-corrected chi connectivity index (χ0v) is 16.0. The summed E-state index contributed by atoms with van der Waals surface area (Å²) in [6.07, 6.45) is 5.35. The fourth-order valence-electron chi connectivity index (χ4n) is 3.93. The number of carbonyl (C=O) groups is 2. The van der Waals surface area contributed by atoms with Crippen LogP contribution in [0, 0.1) is 11.7 Å².